The molecule has 1 N–H and O–H groups in total. The Bertz CT molecular complexity index is 1670. The lowest BCUT2D eigenvalue weighted by Gasteiger charge is -2.31. The summed E-state index contributed by atoms with van der Waals surface area (Å²) in [6.07, 6.45) is 8.89. The summed E-state index contributed by atoms with van der Waals surface area (Å²) < 4.78 is 17.0. The number of carbonyl (C=O) groups is 1. The predicted octanol–water partition coefficient (Wildman–Crippen LogP) is 8.57. The van der Waals surface area contributed by atoms with Crippen molar-refractivity contribution in [3.8, 4) is 16.9 Å². The molecule has 0 saturated carbocycles. The van der Waals surface area contributed by atoms with Crippen LogP contribution in [0.4, 0.5) is 16.4 Å². The minimum absolute atomic E-state index is 0.0510. The average molecular weight is 681 g/mol. The Labute approximate surface area is 294 Å². The molecular formula is C40H48N4O4S. The maximum atomic E-state index is 13.8. The fraction of sp³-hybridized carbons (Fsp3) is 0.400. The van der Waals surface area contributed by atoms with Crippen LogP contribution >= 0.6 is 11.3 Å². The van der Waals surface area contributed by atoms with Crippen LogP contribution in [0.15, 0.2) is 84.0 Å². The third kappa shape index (κ3) is 9.16. The van der Waals surface area contributed by atoms with Gasteiger partial charge in [0.1, 0.15) is 17.4 Å². The standard InChI is InChI=1S/C40H48N4O4S/c1-4-5-18-46-21-22-48-37-13-8-31(9-14-37)32-10-15-38-33(24-32)25-34(23-29(2)44(38)39-26-41-28-49-39)40(45)42-35-11-6-30(7-12-35)27-43(3)36-16-19-47-20-17-36/h6-15,24-26,28-29,36H,4-5,16-23,27H2,1-3H3,(H,42,45). The van der Waals surface area contributed by atoms with Gasteiger partial charge in [0.15, 0.2) is 0 Å². The van der Waals surface area contributed by atoms with Crippen LogP contribution in [-0.4, -0.2) is 68.0 Å². The van der Waals surface area contributed by atoms with Crippen molar-refractivity contribution in [2.24, 2.45) is 0 Å². The van der Waals surface area contributed by atoms with Crippen molar-refractivity contribution in [2.75, 3.05) is 50.3 Å². The van der Waals surface area contributed by atoms with Crippen molar-refractivity contribution < 1.29 is 19.0 Å². The predicted molar refractivity (Wildman–Crippen MR) is 200 cm³/mol. The van der Waals surface area contributed by atoms with Gasteiger partial charge in [0.05, 0.1) is 18.3 Å². The maximum Gasteiger partial charge on any atom is 0.251 e. The second kappa shape index (κ2) is 17.1. The van der Waals surface area contributed by atoms with E-state index < -0.39 is 0 Å². The SMILES string of the molecule is CCCCOCCOc1ccc(-c2ccc3c(c2)C=C(C(=O)Nc2ccc(CN(C)C4CCOCC4)cc2)CC(C)N3c2cncs2)cc1. The van der Waals surface area contributed by atoms with Gasteiger partial charge in [-0.3, -0.25) is 14.7 Å². The molecule has 1 aromatic heterocycles. The number of amides is 1. The molecule has 0 spiro atoms. The Morgan fingerprint density at radius 3 is 2.53 bits per heavy atom. The van der Waals surface area contributed by atoms with Gasteiger partial charge in [-0.2, -0.15) is 0 Å². The van der Waals surface area contributed by atoms with Crippen molar-refractivity contribution in [3.63, 3.8) is 0 Å². The third-order valence-electron chi connectivity index (χ3n) is 9.31. The molecule has 49 heavy (non-hydrogen) atoms. The van der Waals surface area contributed by atoms with Crippen LogP contribution in [0.25, 0.3) is 17.2 Å². The summed E-state index contributed by atoms with van der Waals surface area (Å²) in [6, 6.07) is 23.5. The van der Waals surface area contributed by atoms with Crippen LogP contribution in [0.5, 0.6) is 5.75 Å². The van der Waals surface area contributed by atoms with Gasteiger partial charge in [-0.1, -0.05) is 43.7 Å². The highest BCUT2D eigenvalue weighted by Gasteiger charge is 2.27. The molecule has 9 heteroatoms. The Morgan fingerprint density at radius 2 is 1.80 bits per heavy atom. The summed E-state index contributed by atoms with van der Waals surface area (Å²) in [5.41, 5.74) is 8.83. The molecule has 4 aromatic rings. The van der Waals surface area contributed by atoms with Crippen LogP contribution in [0.1, 0.15) is 57.1 Å². The molecule has 3 aromatic carbocycles. The number of ether oxygens (including phenoxy) is 3. The number of hydrogen-bond acceptors (Lipinski definition) is 8. The second-order valence-corrected chi connectivity index (χ2v) is 13.8. The molecule has 0 bridgehead atoms. The van der Waals surface area contributed by atoms with E-state index in [0.29, 0.717) is 25.7 Å². The minimum atomic E-state index is -0.0818. The third-order valence-corrected chi connectivity index (χ3v) is 10.1. The highest BCUT2D eigenvalue weighted by Crippen LogP contribution is 2.40. The molecule has 0 radical (unpaired) electrons. The van der Waals surface area contributed by atoms with Crippen molar-refractivity contribution >= 4 is 39.7 Å². The molecule has 3 heterocycles. The van der Waals surface area contributed by atoms with E-state index in [1.54, 1.807) is 11.3 Å². The van der Waals surface area contributed by atoms with E-state index in [2.05, 4.69) is 89.5 Å². The van der Waals surface area contributed by atoms with Gasteiger partial charge in [0, 0.05) is 55.4 Å². The number of rotatable bonds is 14. The summed E-state index contributed by atoms with van der Waals surface area (Å²) in [7, 11) is 2.18. The molecule has 2 aliphatic heterocycles. The molecule has 2 aliphatic rings. The smallest absolute Gasteiger partial charge is 0.251 e. The van der Waals surface area contributed by atoms with E-state index in [1.165, 1.54) is 5.56 Å². The first-order chi connectivity index (χ1) is 24.0. The fourth-order valence-corrected chi connectivity index (χ4v) is 7.29. The molecule has 258 valence electrons. The number of anilines is 3. The number of carbonyl (C=O) groups excluding carboxylic acids is 1. The second-order valence-electron chi connectivity index (χ2n) is 13.0. The molecule has 1 fully saturated rings. The number of hydrogen-bond donors (Lipinski definition) is 1. The number of nitrogens with one attached hydrogen (secondary N) is 1. The Kier molecular flexibility index (Phi) is 12.1. The largest absolute Gasteiger partial charge is 0.491 e. The lowest BCUT2D eigenvalue weighted by atomic mass is 10.00. The zero-order chi connectivity index (χ0) is 34.0. The van der Waals surface area contributed by atoms with E-state index >= 15 is 0 Å². The van der Waals surface area contributed by atoms with Gasteiger partial charge in [0.25, 0.3) is 5.91 Å². The maximum absolute atomic E-state index is 13.8. The van der Waals surface area contributed by atoms with Crippen LogP contribution in [0.3, 0.4) is 0 Å². The van der Waals surface area contributed by atoms with E-state index in [4.69, 9.17) is 14.2 Å². The van der Waals surface area contributed by atoms with Gasteiger partial charge in [-0.05, 0) is 104 Å². The molecule has 6 rings (SSSR count). The molecule has 1 unspecified atom stereocenters. The monoisotopic (exact) mass is 680 g/mol. The van der Waals surface area contributed by atoms with Gasteiger partial charge in [0.2, 0.25) is 0 Å². The van der Waals surface area contributed by atoms with Crippen molar-refractivity contribution in [1.29, 1.82) is 0 Å². The summed E-state index contributed by atoms with van der Waals surface area (Å²) in [4.78, 5) is 22.9. The Morgan fingerprint density at radius 1 is 1.02 bits per heavy atom. The number of benzene rings is 3. The van der Waals surface area contributed by atoms with Crippen LogP contribution in [-0.2, 0) is 20.8 Å². The molecule has 0 aliphatic carbocycles. The number of thiazole rings is 1. The zero-order valence-electron chi connectivity index (χ0n) is 28.9. The molecule has 1 amide bonds. The van der Waals surface area contributed by atoms with Crippen LogP contribution in [0.2, 0.25) is 0 Å². The molecule has 8 nitrogen and oxygen atoms in total. The summed E-state index contributed by atoms with van der Waals surface area (Å²) in [5.74, 6) is 0.739. The summed E-state index contributed by atoms with van der Waals surface area (Å²) in [6.45, 7) is 8.76. The van der Waals surface area contributed by atoms with E-state index in [9.17, 15) is 4.79 Å². The van der Waals surface area contributed by atoms with Gasteiger partial charge < -0.3 is 24.4 Å². The first-order valence-electron chi connectivity index (χ1n) is 17.5. The average Bonchev–Trinajstić information content (AvgIpc) is 3.61. The number of unbranched alkanes of at least 4 members (excludes halogenated alkanes) is 1. The fourth-order valence-electron chi connectivity index (χ4n) is 6.54. The molecular weight excluding hydrogens is 633 g/mol. The highest BCUT2D eigenvalue weighted by atomic mass is 32.1. The van der Waals surface area contributed by atoms with E-state index in [-0.39, 0.29) is 11.9 Å². The number of aromatic nitrogens is 1. The van der Waals surface area contributed by atoms with Crippen molar-refractivity contribution in [3.05, 3.63) is 95.1 Å². The highest BCUT2D eigenvalue weighted by molar-refractivity contribution is 7.13. The van der Waals surface area contributed by atoms with E-state index in [1.807, 2.05) is 36.0 Å². The first-order valence-corrected chi connectivity index (χ1v) is 18.4. The summed E-state index contributed by atoms with van der Waals surface area (Å²) >= 11 is 1.61. The zero-order valence-corrected chi connectivity index (χ0v) is 29.7. The van der Waals surface area contributed by atoms with Crippen molar-refractivity contribution in [1.82, 2.24) is 9.88 Å². The normalized spacial score (nSPS) is 16.6. The number of nitrogens with zero attached hydrogens (tertiary/aromatic N) is 3. The van der Waals surface area contributed by atoms with E-state index in [0.717, 1.165) is 96.4 Å². The van der Waals surface area contributed by atoms with Gasteiger partial charge in [-0.15, -0.1) is 11.3 Å². The Balaban J connectivity index is 1.18. The lowest BCUT2D eigenvalue weighted by molar-refractivity contribution is -0.112. The Hall–Kier alpha value is -4.02. The first kappa shape index (κ1) is 34.8. The summed E-state index contributed by atoms with van der Waals surface area (Å²) in [5, 5.41) is 4.23. The lowest BCUT2D eigenvalue weighted by Crippen LogP contribution is -2.36. The molecule has 1 saturated heterocycles. The van der Waals surface area contributed by atoms with Crippen molar-refractivity contribution in [2.45, 2.75) is 64.6 Å². The minimum Gasteiger partial charge on any atom is -0.491 e. The topological polar surface area (TPSA) is 76.2 Å². The quantitative estimate of drug-likeness (QED) is 0.134. The number of fused-ring (bicyclic) bond motifs is 1. The van der Waals surface area contributed by atoms with Crippen LogP contribution < -0.4 is 15.0 Å². The molecule has 1 atom stereocenters. The van der Waals surface area contributed by atoms with Gasteiger partial charge in [-0.25, -0.2) is 0 Å². The van der Waals surface area contributed by atoms with Crippen LogP contribution in [0, 0.1) is 0 Å². The van der Waals surface area contributed by atoms with Gasteiger partial charge >= 0.3 is 0 Å².